The molecule has 0 aliphatic rings. The van der Waals surface area contributed by atoms with Gasteiger partial charge < -0.3 is 14.8 Å². The van der Waals surface area contributed by atoms with E-state index in [1.165, 1.54) is 11.8 Å². The predicted molar refractivity (Wildman–Crippen MR) is 99.2 cm³/mol. The number of carbonyl (C=O) groups is 2. The molecule has 132 valence electrons. The van der Waals surface area contributed by atoms with Crippen molar-refractivity contribution in [2.24, 2.45) is 0 Å². The van der Waals surface area contributed by atoms with Crippen molar-refractivity contribution >= 4 is 29.3 Å². The summed E-state index contributed by atoms with van der Waals surface area (Å²) in [5.41, 5.74) is 2.93. The van der Waals surface area contributed by atoms with E-state index in [9.17, 15) is 9.59 Å². The molecule has 1 N–H and O–H groups in total. The van der Waals surface area contributed by atoms with Gasteiger partial charge >= 0.3 is 5.97 Å². The molecule has 0 heterocycles. The normalized spacial score (nSPS) is 10.2. The van der Waals surface area contributed by atoms with Crippen molar-refractivity contribution in [3.8, 4) is 5.75 Å². The molecule has 0 fully saturated rings. The van der Waals surface area contributed by atoms with Crippen molar-refractivity contribution in [1.82, 2.24) is 0 Å². The van der Waals surface area contributed by atoms with Gasteiger partial charge in [-0.05, 0) is 61.4 Å². The molecule has 0 radical (unpaired) electrons. The fraction of sp³-hybridized carbons (Fsp3) is 0.263. The number of carbonyl (C=O) groups excluding carboxylic acids is 2. The lowest BCUT2D eigenvalue weighted by atomic mass is 10.1. The summed E-state index contributed by atoms with van der Waals surface area (Å²) in [5.74, 6) is 0.112. The lowest BCUT2D eigenvalue weighted by Gasteiger charge is -2.08. The summed E-state index contributed by atoms with van der Waals surface area (Å²) >= 11 is 1.35. The minimum atomic E-state index is -0.434. The minimum Gasteiger partial charge on any atom is -0.497 e. The van der Waals surface area contributed by atoms with Crippen LogP contribution in [0.15, 0.2) is 47.4 Å². The van der Waals surface area contributed by atoms with E-state index in [-0.39, 0.29) is 18.3 Å². The van der Waals surface area contributed by atoms with Gasteiger partial charge in [-0.15, -0.1) is 11.8 Å². The first kappa shape index (κ1) is 18.9. The number of esters is 1. The van der Waals surface area contributed by atoms with Gasteiger partial charge in [0.25, 0.3) is 5.91 Å². The van der Waals surface area contributed by atoms with Gasteiger partial charge in [0.15, 0.2) is 6.61 Å². The minimum absolute atomic E-state index is 0.142. The van der Waals surface area contributed by atoms with Crippen molar-refractivity contribution < 1.29 is 19.1 Å². The van der Waals surface area contributed by atoms with Crippen LogP contribution in [0.25, 0.3) is 0 Å². The fourth-order valence-corrected chi connectivity index (χ4v) is 2.71. The molecule has 0 atom stereocenters. The summed E-state index contributed by atoms with van der Waals surface area (Å²) < 4.78 is 10.1. The highest BCUT2D eigenvalue weighted by Gasteiger charge is 2.09. The number of thioether (sulfide) groups is 1. The smallest absolute Gasteiger partial charge is 0.316 e. The van der Waals surface area contributed by atoms with E-state index in [2.05, 4.69) is 5.32 Å². The number of ether oxygens (including phenoxy) is 2. The van der Waals surface area contributed by atoms with Crippen molar-refractivity contribution in [2.45, 2.75) is 18.7 Å². The molecule has 0 aliphatic carbocycles. The second-order valence-corrected chi connectivity index (χ2v) is 6.52. The Morgan fingerprint density at radius 3 is 2.40 bits per heavy atom. The third-order valence-electron chi connectivity index (χ3n) is 3.57. The number of aryl methyl sites for hydroxylation is 2. The summed E-state index contributed by atoms with van der Waals surface area (Å²) in [6, 6.07) is 13.0. The maximum Gasteiger partial charge on any atom is 0.316 e. The van der Waals surface area contributed by atoms with Crippen LogP contribution < -0.4 is 10.1 Å². The quantitative estimate of drug-likeness (QED) is 0.605. The van der Waals surface area contributed by atoms with Gasteiger partial charge in [-0.1, -0.05) is 6.07 Å². The third-order valence-corrected chi connectivity index (χ3v) is 4.56. The van der Waals surface area contributed by atoms with Crippen molar-refractivity contribution in [3.63, 3.8) is 0 Å². The first-order valence-corrected chi connectivity index (χ1v) is 8.76. The third kappa shape index (κ3) is 6.15. The second-order valence-electron chi connectivity index (χ2n) is 5.47. The van der Waals surface area contributed by atoms with Crippen LogP contribution in [0, 0.1) is 13.8 Å². The number of nitrogens with one attached hydrogen (secondary N) is 1. The molecule has 2 rings (SSSR count). The summed E-state index contributed by atoms with van der Waals surface area (Å²) in [7, 11) is 1.60. The van der Waals surface area contributed by atoms with E-state index < -0.39 is 5.97 Å². The zero-order valence-corrected chi connectivity index (χ0v) is 15.3. The molecule has 2 aromatic carbocycles. The Morgan fingerprint density at radius 2 is 1.76 bits per heavy atom. The Morgan fingerprint density at radius 1 is 1.04 bits per heavy atom. The van der Waals surface area contributed by atoms with Crippen LogP contribution in [0.1, 0.15) is 11.1 Å². The van der Waals surface area contributed by atoms with Crippen LogP contribution in [0.2, 0.25) is 0 Å². The average molecular weight is 359 g/mol. The van der Waals surface area contributed by atoms with Crippen molar-refractivity contribution in [3.05, 3.63) is 53.6 Å². The van der Waals surface area contributed by atoms with Crippen LogP contribution in [-0.2, 0) is 14.3 Å². The maximum atomic E-state index is 11.8. The molecule has 25 heavy (non-hydrogen) atoms. The van der Waals surface area contributed by atoms with Crippen LogP contribution in [0.4, 0.5) is 5.69 Å². The van der Waals surface area contributed by atoms with Gasteiger partial charge in [-0.25, -0.2) is 0 Å². The zero-order valence-electron chi connectivity index (χ0n) is 14.5. The Labute approximate surface area is 151 Å². The van der Waals surface area contributed by atoms with Crippen molar-refractivity contribution in [1.29, 1.82) is 0 Å². The number of rotatable bonds is 7. The van der Waals surface area contributed by atoms with E-state index in [0.29, 0.717) is 5.69 Å². The summed E-state index contributed by atoms with van der Waals surface area (Å²) in [5, 5.41) is 2.71. The van der Waals surface area contributed by atoms with Crippen LogP contribution in [0.5, 0.6) is 5.75 Å². The summed E-state index contributed by atoms with van der Waals surface area (Å²) in [4.78, 5) is 24.5. The van der Waals surface area contributed by atoms with Gasteiger partial charge in [0.05, 0.1) is 12.9 Å². The largest absolute Gasteiger partial charge is 0.497 e. The number of anilines is 1. The van der Waals surface area contributed by atoms with Crippen molar-refractivity contribution in [2.75, 3.05) is 24.8 Å². The first-order valence-electron chi connectivity index (χ1n) is 7.77. The highest BCUT2D eigenvalue weighted by Crippen LogP contribution is 2.21. The lowest BCUT2D eigenvalue weighted by molar-refractivity contribution is -0.144. The standard InChI is InChI=1S/C19H21NO4S/c1-13-4-5-15(10-14(13)2)20-18(21)11-24-19(22)12-25-17-8-6-16(23-3)7-9-17/h4-10H,11-12H2,1-3H3,(H,20,21). The zero-order chi connectivity index (χ0) is 18.2. The van der Waals surface area contributed by atoms with Gasteiger partial charge in [0.2, 0.25) is 0 Å². The number of hydrogen-bond donors (Lipinski definition) is 1. The number of amides is 1. The van der Waals surface area contributed by atoms with Gasteiger partial charge in [0, 0.05) is 10.6 Å². The van der Waals surface area contributed by atoms with E-state index in [1.54, 1.807) is 7.11 Å². The Hall–Kier alpha value is -2.47. The van der Waals surface area contributed by atoms with Crippen LogP contribution in [-0.4, -0.2) is 31.3 Å². The molecule has 0 aliphatic heterocycles. The van der Waals surface area contributed by atoms with Gasteiger partial charge in [-0.3, -0.25) is 9.59 Å². The van der Waals surface area contributed by atoms with Gasteiger partial charge in [-0.2, -0.15) is 0 Å². The predicted octanol–water partition coefficient (Wildman–Crippen LogP) is 3.59. The SMILES string of the molecule is COc1ccc(SCC(=O)OCC(=O)Nc2ccc(C)c(C)c2)cc1. The highest BCUT2D eigenvalue weighted by atomic mass is 32.2. The average Bonchev–Trinajstić information content (AvgIpc) is 2.61. The monoisotopic (exact) mass is 359 g/mol. The molecule has 0 saturated carbocycles. The lowest BCUT2D eigenvalue weighted by Crippen LogP contribution is -2.21. The molecule has 2 aromatic rings. The highest BCUT2D eigenvalue weighted by molar-refractivity contribution is 8.00. The van der Waals surface area contributed by atoms with E-state index in [0.717, 1.165) is 21.8 Å². The number of methoxy groups -OCH3 is 1. The molecule has 6 heteroatoms. The molecule has 0 saturated heterocycles. The Balaban J connectivity index is 1.73. The maximum absolute atomic E-state index is 11.8. The molecule has 5 nitrogen and oxygen atoms in total. The van der Waals surface area contributed by atoms with E-state index in [4.69, 9.17) is 9.47 Å². The Kier molecular flexibility index (Phi) is 6.89. The Bertz CT molecular complexity index is 744. The fourth-order valence-electron chi connectivity index (χ4n) is 2.02. The summed E-state index contributed by atoms with van der Waals surface area (Å²) in [6.07, 6.45) is 0. The molecule has 0 aromatic heterocycles. The van der Waals surface area contributed by atoms with E-state index >= 15 is 0 Å². The van der Waals surface area contributed by atoms with Crippen LogP contribution >= 0.6 is 11.8 Å². The molecular weight excluding hydrogens is 338 g/mol. The first-order chi connectivity index (χ1) is 12.0. The van der Waals surface area contributed by atoms with E-state index in [1.807, 2.05) is 56.3 Å². The molecule has 0 bridgehead atoms. The molecule has 0 spiro atoms. The number of hydrogen-bond acceptors (Lipinski definition) is 5. The molecule has 1 amide bonds. The second kappa shape index (κ2) is 9.13. The van der Waals surface area contributed by atoms with Gasteiger partial charge in [0.1, 0.15) is 5.75 Å². The molecule has 0 unspecified atom stereocenters. The molecular formula is C19H21NO4S. The number of benzene rings is 2. The summed E-state index contributed by atoms with van der Waals surface area (Å²) in [6.45, 7) is 3.68. The topological polar surface area (TPSA) is 64.6 Å². The van der Waals surface area contributed by atoms with Crippen LogP contribution in [0.3, 0.4) is 0 Å².